The standard InChI is InChI=1S/C11H13BrFNO5S/c1-19-5-4-10(11(15)16)14-20(17,18)7-2-3-8(12)9(13)6-7/h2-3,6,10,14H,4-5H2,1H3,(H,15,16). The molecule has 0 aromatic heterocycles. The molecular weight excluding hydrogens is 357 g/mol. The lowest BCUT2D eigenvalue weighted by atomic mass is 10.2. The summed E-state index contributed by atoms with van der Waals surface area (Å²) in [5.41, 5.74) is 0. The zero-order valence-corrected chi connectivity index (χ0v) is 12.9. The predicted molar refractivity (Wildman–Crippen MR) is 72.3 cm³/mol. The fourth-order valence-electron chi connectivity index (χ4n) is 1.37. The maximum atomic E-state index is 13.3. The van der Waals surface area contributed by atoms with E-state index in [1.54, 1.807) is 0 Å². The molecule has 0 saturated heterocycles. The Morgan fingerprint density at radius 3 is 2.70 bits per heavy atom. The lowest BCUT2D eigenvalue weighted by Crippen LogP contribution is -2.41. The molecule has 0 fully saturated rings. The number of carboxylic acids is 1. The van der Waals surface area contributed by atoms with E-state index in [0.29, 0.717) is 0 Å². The van der Waals surface area contributed by atoms with Crippen molar-refractivity contribution in [2.75, 3.05) is 13.7 Å². The summed E-state index contributed by atoms with van der Waals surface area (Å²) < 4.78 is 44.1. The third-order valence-electron chi connectivity index (χ3n) is 2.41. The van der Waals surface area contributed by atoms with Crippen LogP contribution in [-0.2, 0) is 19.6 Å². The number of benzene rings is 1. The van der Waals surface area contributed by atoms with Crippen LogP contribution in [0.3, 0.4) is 0 Å². The highest BCUT2D eigenvalue weighted by Gasteiger charge is 2.25. The Labute approximate surface area is 124 Å². The van der Waals surface area contributed by atoms with Crippen LogP contribution in [0.4, 0.5) is 4.39 Å². The molecule has 0 heterocycles. The summed E-state index contributed by atoms with van der Waals surface area (Å²) in [6, 6.07) is 1.87. The van der Waals surface area contributed by atoms with E-state index in [0.717, 1.165) is 6.07 Å². The highest BCUT2D eigenvalue weighted by atomic mass is 79.9. The van der Waals surface area contributed by atoms with Crippen LogP contribution >= 0.6 is 15.9 Å². The molecule has 0 saturated carbocycles. The summed E-state index contributed by atoms with van der Waals surface area (Å²) in [5.74, 6) is -2.08. The molecule has 1 aromatic rings. The van der Waals surface area contributed by atoms with Crippen molar-refractivity contribution < 1.29 is 27.4 Å². The molecule has 0 radical (unpaired) electrons. The van der Waals surface area contributed by atoms with E-state index in [1.807, 2.05) is 4.72 Å². The third kappa shape index (κ3) is 4.51. The molecule has 0 aliphatic rings. The van der Waals surface area contributed by atoms with E-state index in [2.05, 4.69) is 15.9 Å². The fraction of sp³-hybridized carbons (Fsp3) is 0.364. The van der Waals surface area contributed by atoms with Crippen molar-refractivity contribution in [2.24, 2.45) is 0 Å². The lowest BCUT2D eigenvalue weighted by molar-refractivity contribution is -0.139. The number of sulfonamides is 1. The summed E-state index contributed by atoms with van der Waals surface area (Å²) in [6.07, 6.45) is -0.0376. The van der Waals surface area contributed by atoms with E-state index < -0.39 is 27.9 Å². The molecule has 9 heteroatoms. The van der Waals surface area contributed by atoms with Gasteiger partial charge in [-0.1, -0.05) is 0 Å². The number of carbonyl (C=O) groups is 1. The Morgan fingerprint density at radius 2 is 2.20 bits per heavy atom. The number of carboxylic acid groups (broad SMARTS) is 1. The van der Waals surface area contributed by atoms with E-state index in [-0.39, 0.29) is 22.4 Å². The van der Waals surface area contributed by atoms with Gasteiger partial charge in [-0.15, -0.1) is 0 Å². The molecule has 1 rings (SSSR count). The van der Waals surface area contributed by atoms with Crippen LogP contribution in [-0.4, -0.2) is 39.3 Å². The van der Waals surface area contributed by atoms with Gasteiger partial charge in [-0.2, -0.15) is 4.72 Å². The molecule has 1 aromatic carbocycles. The maximum absolute atomic E-state index is 13.3. The highest BCUT2D eigenvalue weighted by molar-refractivity contribution is 9.10. The van der Waals surface area contributed by atoms with Gasteiger partial charge >= 0.3 is 5.97 Å². The minimum atomic E-state index is -4.12. The van der Waals surface area contributed by atoms with Crippen LogP contribution in [0.2, 0.25) is 0 Å². The van der Waals surface area contributed by atoms with Crippen LogP contribution in [0, 0.1) is 5.82 Å². The Morgan fingerprint density at radius 1 is 1.55 bits per heavy atom. The number of hydrogen-bond acceptors (Lipinski definition) is 4. The van der Waals surface area contributed by atoms with Crippen molar-refractivity contribution >= 4 is 31.9 Å². The van der Waals surface area contributed by atoms with Gasteiger partial charge in [0.15, 0.2) is 0 Å². The average molecular weight is 370 g/mol. The lowest BCUT2D eigenvalue weighted by Gasteiger charge is -2.14. The molecule has 1 unspecified atom stereocenters. The van der Waals surface area contributed by atoms with E-state index in [4.69, 9.17) is 9.84 Å². The molecule has 0 aliphatic heterocycles. The summed E-state index contributed by atoms with van der Waals surface area (Å²) in [5, 5.41) is 8.94. The van der Waals surface area contributed by atoms with Gasteiger partial charge in [0.25, 0.3) is 0 Å². The first-order chi connectivity index (χ1) is 9.27. The molecule has 0 bridgehead atoms. The molecule has 0 amide bonds. The molecule has 2 N–H and O–H groups in total. The fourth-order valence-corrected chi connectivity index (χ4v) is 2.85. The van der Waals surface area contributed by atoms with Crippen LogP contribution in [0.15, 0.2) is 27.6 Å². The average Bonchev–Trinajstić information content (AvgIpc) is 2.37. The molecule has 1 atom stereocenters. The number of nitrogens with one attached hydrogen (secondary N) is 1. The number of rotatable bonds is 7. The van der Waals surface area contributed by atoms with Gasteiger partial charge in [-0.25, -0.2) is 12.8 Å². The Bertz CT molecular complexity index is 592. The molecule has 0 spiro atoms. The van der Waals surface area contributed by atoms with Crippen molar-refractivity contribution in [1.29, 1.82) is 0 Å². The van der Waals surface area contributed by atoms with Gasteiger partial charge in [-0.05, 0) is 40.5 Å². The van der Waals surface area contributed by atoms with Gasteiger partial charge in [0.1, 0.15) is 11.9 Å². The first-order valence-electron chi connectivity index (χ1n) is 5.47. The van der Waals surface area contributed by atoms with Crippen LogP contribution < -0.4 is 4.72 Å². The minimum absolute atomic E-state index is 0.0376. The molecular formula is C11H13BrFNO5S. The normalized spacial score (nSPS) is 13.2. The zero-order valence-electron chi connectivity index (χ0n) is 10.5. The number of aliphatic carboxylic acids is 1. The van der Waals surface area contributed by atoms with Crippen LogP contribution in [0.5, 0.6) is 0 Å². The summed E-state index contributed by atoms with van der Waals surface area (Å²) in [7, 11) is -2.75. The first-order valence-corrected chi connectivity index (χ1v) is 7.74. The first kappa shape index (κ1) is 17.0. The van der Waals surface area contributed by atoms with Gasteiger partial charge < -0.3 is 9.84 Å². The molecule has 6 nitrogen and oxygen atoms in total. The highest BCUT2D eigenvalue weighted by Crippen LogP contribution is 2.19. The van der Waals surface area contributed by atoms with Crippen LogP contribution in [0.25, 0.3) is 0 Å². The Balaban J connectivity index is 2.97. The monoisotopic (exact) mass is 369 g/mol. The molecule has 0 aliphatic carbocycles. The smallest absolute Gasteiger partial charge is 0.321 e. The second-order valence-electron chi connectivity index (χ2n) is 3.87. The van der Waals surface area contributed by atoms with Gasteiger partial charge in [-0.3, -0.25) is 4.79 Å². The Kier molecular flexibility index (Phi) is 6.06. The summed E-state index contributed by atoms with van der Waals surface area (Å²) >= 11 is 2.90. The topological polar surface area (TPSA) is 92.7 Å². The summed E-state index contributed by atoms with van der Waals surface area (Å²) in [6.45, 7) is 0.0776. The number of hydrogen-bond donors (Lipinski definition) is 2. The third-order valence-corrected chi connectivity index (χ3v) is 4.52. The zero-order chi connectivity index (χ0) is 15.3. The van der Waals surface area contributed by atoms with Crippen molar-refractivity contribution in [3.8, 4) is 0 Å². The number of methoxy groups -OCH3 is 1. The predicted octanol–water partition coefficient (Wildman–Crippen LogP) is 1.36. The quantitative estimate of drug-likeness (QED) is 0.756. The van der Waals surface area contributed by atoms with E-state index >= 15 is 0 Å². The number of ether oxygens (including phenoxy) is 1. The minimum Gasteiger partial charge on any atom is -0.480 e. The van der Waals surface area contributed by atoms with Gasteiger partial charge in [0, 0.05) is 13.7 Å². The summed E-state index contributed by atoms with van der Waals surface area (Å²) in [4.78, 5) is 10.6. The van der Waals surface area contributed by atoms with Gasteiger partial charge in [0.05, 0.1) is 9.37 Å². The molecule has 20 heavy (non-hydrogen) atoms. The Hall–Kier alpha value is -1.03. The van der Waals surface area contributed by atoms with Crippen molar-refractivity contribution in [3.05, 3.63) is 28.5 Å². The maximum Gasteiger partial charge on any atom is 0.321 e. The van der Waals surface area contributed by atoms with E-state index in [1.165, 1.54) is 19.2 Å². The second kappa shape index (κ2) is 7.11. The van der Waals surface area contributed by atoms with E-state index in [9.17, 15) is 17.6 Å². The number of halogens is 2. The molecule has 112 valence electrons. The van der Waals surface area contributed by atoms with Gasteiger partial charge in [0.2, 0.25) is 10.0 Å². The largest absolute Gasteiger partial charge is 0.480 e. The van der Waals surface area contributed by atoms with Crippen LogP contribution in [0.1, 0.15) is 6.42 Å². The SMILES string of the molecule is COCCC(NS(=O)(=O)c1ccc(Br)c(F)c1)C(=O)O. The van der Waals surface area contributed by atoms with Crippen molar-refractivity contribution in [1.82, 2.24) is 4.72 Å². The second-order valence-corrected chi connectivity index (χ2v) is 6.44. The van der Waals surface area contributed by atoms with Crippen molar-refractivity contribution in [3.63, 3.8) is 0 Å². The van der Waals surface area contributed by atoms with Crippen molar-refractivity contribution in [2.45, 2.75) is 17.4 Å².